The van der Waals surface area contributed by atoms with Gasteiger partial charge in [0.2, 0.25) is 0 Å². The third-order valence-corrected chi connectivity index (χ3v) is 1.79. The number of hydrogen-bond acceptors (Lipinski definition) is 1. The molecule has 0 N–H and O–H groups in total. The Morgan fingerprint density at radius 3 is 2.55 bits per heavy atom. The molecule has 1 aromatic carbocycles. The first kappa shape index (κ1) is 8.09. The largest absolute Gasteiger partial charge is 0.498 e. The molecule has 0 aromatic heterocycles. The van der Waals surface area contributed by atoms with E-state index in [2.05, 4.69) is 27.0 Å². The number of nitrogens with zero attached hydrogens (tertiary/aromatic N) is 1. The average molecular weight is 212 g/mol. The molecule has 0 aliphatic rings. The van der Waals surface area contributed by atoms with E-state index in [1.807, 2.05) is 24.3 Å². The molecule has 0 radical (unpaired) electrons. The molecular weight excluding hydrogens is 206 g/mol. The van der Waals surface area contributed by atoms with Gasteiger partial charge in [-0.15, -0.1) is 0 Å². The summed E-state index contributed by atoms with van der Waals surface area (Å²) in [4.78, 5) is 0. The van der Waals surface area contributed by atoms with Crippen LogP contribution in [0.4, 0.5) is 0 Å². The van der Waals surface area contributed by atoms with E-state index >= 15 is 0 Å². The number of hydrogen-bond donors (Lipinski definition) is 0. The van der Waals surface area contributed by atoms with Crippen molar-refractivity contribution in [3.8, 4) is 6.07 Å². The lowest BCUT2D eigenvalue weighted by molar-refractivity contribution is 1.31. The zero-order valence-electron chi connectivity index (χ0n) is 5.75. The molecule has 3 heteroatoms. The Morgan fingerprint density at radius 1 is 1.36 bits per heavy atom. The topological polar surface area (TPSA) is 27.4 Å². The van der Waals surface area contributed by atoms with Crippen molar-refractivity contribution in [2.24, 2.45) is 0 Å². The quantitative estimate of drug-likeness (QED) is 0.657. The molecule has 0 spiro atoms. The Balaban J connectivity index is 2.71. The van der Waals surface area contributed by atoms with Gasteiger partial charge in [-0.2, -0.15) is 0 Å². The molecule has 0 aliphatic heterocycles. The highest BCUT2D eigenvalue weighted by Gasteiger charge is 1.92. The van der Waals surface area contributed by atoms with Crippen molar-refractivity contribution in [2.75, 3.05) is 0 Å². The van der Waals surface area contributed by atoms with E-state index in [-0.39, 0.29) is 0 Å². The molecular formula is C8H6BrNO. The van der Waals surface area contributed by atoms with E-state index in [9.17, 15) is 5.21 Å². The maximum Gasteiger partial charge on any atom is 0.303 e. The zero-order valence-corrected chi connectivity index (χ0v) is 7.34. The fraction of sp³-hybridized carbons (Fsp3) is 0.125. The fourth-order valence-corrected chi connectivity index (χ4v) is 0.990. The Labute approximate surface area is 73.4 Å². The summed E-state index contributed by atoms with van der Waals surface area (Å²) in [6.07, 6.45) is 0.483. The van der Waals surface area contributed by atoms with Gasteiger partial charge in [-0.25, -0.2) is 0 Å². The molecule has 0 amide bonds. The van der Waals surface area contributed by atoms with Gasteiger partial charge in [0, 0.05) is 9.48 Å². The van der Waals surface area contributed by atoms with Crippen LogP contribution in [0.1, 0.15) is 5.56 Å². The van der Waals surface area contributed by atoms with Gasteiger partial charge in [-0.3, -0.25) is 0 Å². The minimum absolute atomic E-state index is 0.483. The monoisotopic (exact) mass is 211 g/mol. The summed E-state index contributed by atoms with van der Waals surface area (Å²) in [5.74, 6) is 0. The third kappa shape index (κ3) is 2.60. The highest BCUT2D eigenvalue weighted by atomic mass is 79.9. The Hall–Kier alpha value is -1.01. The SMILES string of the molecule is [O-][N+]#CCc1ccc(Br)cc1. The predicted molar refractivity (Wildman–Crippen MR) is 48.5 cm³/mol. The van der Waals surface area contributed by atoms with Gasteiger partial charge in [0.05, 0.1) is 0 Å². The van der Waals surface area contributed by atoms with Crippen LogP contribution in [-0.2, 0) is 6.42 Å². The predicted octanol–water partition coefficient (Wildman–Crippen LogP) is 2.82. The second-order valence-corrected chi connectivity index (χ2v) is 2.97. The highest BCUT2D eigenvalue weighted by Crippen LogP contribution is 2.10. The van der Waals surface area contributed by atoms with E-state index in [4.69, 9.17) is 0 Å². The summed E-state index contributed by atoms with van der Waals surface area (Å²) >= 11 is 3.31. The molecule has 0 aliphatic carbocycles. The van der Waals surface area contributed by atoms with E-state index in [1.165, 1.54) is 0 Å². The van der Waals surface area contributed by atoms with E-state index in [1.54, 1.807) is 0 Å². The summed E-state index contributed by atoms with van der Waals surface area (Å²) < 4.78 is 1.03. The third-order valence-electron chi connectivity index (χ3n) is 1.26. The van der Waals surface area contributed by atoms with Crippen molar-refractivity contribution in [1.82, 2.24) is 0 Å². The normalized spacial score (nSPS) is 8.45. The first-order valence-corrected chi connectivity index (χ1v) is 3.92. The van der Waals surface area contributed by atoms with Crippen LogP contribution in [0.25, 0.3) is 5.01 Å². The Bertz CT molecular complexity index is 283. The summed E-state index contributed by atoms with van der Waals surface area (Å²) in [7, 11) is 0. The van der Waals surface area contributed by atoms with Crippen LogP contribution in [0.3, 0.4) is 0 Å². The van der Waals surface area contributed by atoms with Crippen molar-refractivity contribution >= 4 is 15.9 Å². The van der Waals surface area contributed by atoms with Crippen LogP contribution < -0.4 is 0 Å². The maximum absolute atomic E-state index is 9.67. The number of rotatable bonds is 1. The van der Waals surface area contributed by atoms with Gasteiger partial charge < -0.3 is 5.21 Å². The van der Waals surface area contributed by atoms with Crippen LogP contribution in [-0.4, -0.2) is 0 Å². The maximum atomic E-state index is 9.67. The Morgan fingerprint density at radius 2 is 2.00 bits per heavy atom. The molecule has 0 bridgehead atoms. The van der Waals surface area contributed by atoms with Crippen LogP contribution in [0.15, 0.2) is 28.7 Å². The molecule has 11 heavy (non-hydrogen) atoms. The summed E-state index contributed by atoms with van der Waals surface area (Å²) in [6.45, 7) is 0. The molecule has 0 saturated carbocycles. The number of benzene rings is 1. The van der Waals surface area contributed by atoms with Crippen LogP contribution >= 0.6 is 15.9 Å². The zero-order chi connectivity index (χ0) is 8.10. The van der Waals surface area contributed by atoms with Crippen molar-refractivity contribution in [3.63, 3.8) is 0 Å². The summed E-state index contributed by atoms with van der Waals surface area (Å²) in [5, 5.41) is 12.2. The highest BCUT2D eigenvalue weighted by molar-refractivity contribution is 9.10. The van der Waals surface area contributed by atoms with Crippen molar-refractivity contribution < 1.29 is 0 Å². The number of halogens is 1. The molecule has 1 rings (SSSR count). The second-order valence-electron chi connectivity index (χ2n) is 2.05. The van der Waals surface area contributed by atoms with Crippen molar-refractivity contribution in [3.05, 3.63) is 44.5 Å². The van der Waals surface area contributed by atoms with Crippen molar-refractivity contribution in [1.29, 1.82) is 0 Å². The molecule has 0 saturated heterocycles. The average Bonchev–Trinajstić information content (AvgIpc) is 2.04. The molecule has 56 valence electrons. The molecule has 0 unspecified atom stereocenters. The minimum Gasteiger partial charge on any atom is -0.498 e. The van der Waals surface area contributed by atoms with Crippen LogP contribution in [0.5, 0.6) is 0 Å². The van der Waals surface area contributed by atoms with Gasteiger partial charge in [-0.05, 0) is 17.7 Å². The molecule has 0 atom stereocenters. The smallest absolute Gasteiger partial charge is 0.303 e. The van der Waals surface area contributed by atoms with Crippen LogP contribution in [0, 0.1) is 11.3 Å². The van der Waals surface area contributed by atoms with Gasteiger partial charge in [0.1, 0.15) is 6.42 Å². The fourth-order valence-electron chi connectivity index (χ4n) is 0.726. The van der Waals surface area contributed by atoms with E-state index < -0.39 is 0 Å². The lowest BCUT2D eigenvalue weighted by Crippen LogP contribution is -1.78. The molecule has 0 fully saturated rings. The standard InChI is InChI=1S/C8H6BrNO/c9-8-3-1-7(2-4-8)5-6-10-11/h1-4H,5H2. The lowest BCUT2D eigenvalue weighted by atomic mass is 10.2. The second kappa shape index (κ2) is 3.99. The summed E-state index contributed by atoms with van der Waals surface area (Å²) in [5.41, 5.74) is 1.04. The Kier molecular flexibility index (Phi) is 2.94. The van der Waals surface area contributed by atoms with Gasteiger partial charge >= 0.3 is 6.07 Å². The molecule has 0 heterocycles. The first-order valence-electron chi connectivity index (χ1n) is 3.12. The van der Waals surface area contributed by atoms with Crippen molar-refractivity contribution in [2.45, 2.75) is 6.42 Å². The molecule has 2 nitrogen and oxygen atoms in total. The van der Waals surface area contributed by atoms with Gasteiger partial charge in [0.25, 0.3) is 0 Å². The first-order chi connectivity index (χ1) is 5.33. The van der Waals surface area contributed by atoms with E-state index in [0.29, 0.717) is 6.42 Å². The minimum atomic E-state index is 0.483. The summed E-state index contributed by atoms with van der Waals surface area (Å²) in [6, 6.07) is 10.0. The van der Waals surface area contributed by atoms with Crippen LogP contribution in [0.2, 0.25) is 0 Å². The van der Waals surface area contributed by atoms with Gasteiger partial charge in [0.15, 0.2) is 0 Å². The molecule has 1 aromatic rings. The van der Waals surface area contributed by atoms with Gasteiger partial charge in [-0.1, -0.05) is 28.1 Å². The lowest BCUT2D eigenvalue weighted by Gasteiger charge is -1.90. The van der Waals surface area contributed by atoms with E-state index in [0.717, 1.165) is 10.0 Å².